The van der Waals surface area contributed by atoms with E-state index in [9.17, 15) is 12.8 Å². The van der Waals surface area contributed by atoms with E-state index in [1.807, 2.05) is 0 Å². The van der Waals surface area contributed by atoms with Crippen LogP contribution >= 0.6 is 15.9 Å². The van der Waals surface area contributed by atoms with E-state index in [-0.39, 0.29) is 5.82 Å². The maximum Gasteiger partial charge on any atom is 0.151 e. The average molecular weight is 339 g/mol. The Morgan fingerprint density at radius 1 is 1.50 bits per heavy atom. The Balaban J connectivity index is 2.93. The van der Waals surface area contributed by atoms with Gasteiger partial charge in [0, 0.05) is 16.8 Å². The van der Waals surface area contributed by atoms with Gasteiger partial charge in [-0.2, -0.15) is 0 Å². The molecule has 0 bridgehead atoms. The second kappa shape index (κ2) is 6.10. The first kappa shape index (κ1) is 15.6. The van der Waals surface area contributed by atoms with Crippen LogP contribution in [0.1, 0.15) is 12.5 Å². The van der Waals surface area contributed by atoms with Gasteiger partial charge in [-0.15, -0.1) is 0 Å². The highest BCUT2D eigenvalue weighted by molar-refractivity contribution is 9.10. The van der Waals surface area contributed by atoms with Crippen molar-refractivity contribution >= 4 is 25.8 Å². The molecule has 0 aliphatic carbocycles. The lowest BCUT2D eigenvalue weighted by atomic mass is 10.0. The molecule has 2 atom stereocenters. The van der Waals surface area contributed by atoms with Crippen molar-refractivity contribution in [2.75, 3.05) is 6.26 Å². The Hall–Kier alpha value is -0.500. The molecule has 0 aliphatic rings. The number of halogens is 2. The third kappa shape index (κ3) is 4.01. The van der Waals surface area contributed by atoms with Crippen LogP contribution in [0.15, 0.2) is 22.7 Å². The molecule has 0 amide bonds. The molecule has 0 spiro atoms. The maximum absolute atomic E-state index is 12.9. The number of benzene rings is 1. The molecule has 1 aromatic carbocycles. The van der Waals surface area contributed by atoms with Crippen LogP contribution in [0.2, 0.25) is 0 Å². The third-order valence-corrected chi connectivity index (χ3v) is 5.33. The van der Waals surface area contributed by atoms with Crippen LogP contribution in [0, 0.1) is 5.82 Å². The molecular weight excluding hydrogens is 323 g/mol. The van der Waals surface area contributed by atoms with E-state index in [0.717, 1.165) is 5.56 Å². The standard InChI is InChI=1S/C11H16BrFN2O2S/c1-7(18(2,16)17)11(15-14)5-8-3-4-9(13)6-10(8)12/h3-4,6-7,11,15H,5,14H2,1-2H3. The Morgan fingerprint density at radius 2 is 2.11 bits per heavy atom. The minimum absolute atomic E-state index is 0.348. The zero-order valence-electron chi connectivity index (χ0n) is 10.2. The van der Waals surface area contributed by atoms with Crippen molar-refractivity contribution in [2.45, 2.75) is 24.6 Å². The van der Waals surface area contributed by atoms with E-state index < -0.39 is 21.1 Å². The second-order valence-electron chi connectivity index (χ2n) is 4.25. The molecule has 4 nitrogen and oxygen atoms in total. The van der Waals surface area contributed by atoms with Gasteiger partial charge in [-0.1, -0.05) is 22.0 Å². The molecule has 7 heteroatoms. The van der Waals surface area contributed by atoms with E-state index >= 15 is 0 Å². The summed E-state index contributed by atoms with van der Waals surface area (Å²) in [7, 11) is -3.19. The molecule has 0 fully saturated rings. The summed E-state index contributed by atoms with van der Waals surface area (Å²) in [6, 6.07) is 3.85. The van der Waals surface area contributed by atoms with Gasteiger partial charge in [0.05, 0.1) is 5.25 Å². The normalized spacial score (nSPS) is 15.4. The Kier molecular flexibility index (Phi) is 5.27. The lowest BCUT2D eigenvalue weighted by molar-refractivity contribution is 0.493. The molecule has 3 N–H and O–H groups in total. The predicted octanol–water partition coefficient (Wildman–Crippen LogP) is 1.40. The van der Waals surface area contributed by atoms with Crippen LogP contribution in [-0.2, 0) is 16.3 Å². The van der Waals surface area contributed by atoms with Crippen LogP contribution in [0.3, 0.4) is 0 Å². The van der Waals surface area contributed by atoms with Crippen molar-refractivity contribution in [3.8, 4) is 0 Å². The van der Waals surface area contributed by atoms with Gasteiger partial charge in [0.1, 0.15) is 5.82 Å². The maximum atomic E-state index is 12.9. The smallest absolute Gasteiger partial charge is 0.151 e. The van der Waals surface area contributed by atoms with Gasteiger partial charge in [0.25, 0.3) is 0 Å². The minimum atomic E-state index is -3.19. The predicted molar refractivity (Wildman–Crippen MR) is 73.2 cm³/mol. The number of rotatable bonds is 5. The summed E-state index contributed by atoms with van der Waals surface area (Å²) in [5.41, 5.74) is 3.31. The van der Waals surface area contributed by atoms with Gasteiger partial charge in [0.15, 0.2) is 9.84 Å². The number of nitrogens with two attached hydrogens (primary N) is 1. The van der Waals surface area contributed by atoms with Crippen LogP contribution in [0.5, 0.6) is 0 Å². The SMILES string of the molecule is CC(C(Cc1ccc(F)cc1Br)NN)S(C)(=O)=O. The fourth-order valence-electron chi connectivity index (χ4n) is 1.58. The quantitative estimate of drug-likeness (QED) is 0.628. The molecular formula is C11H16BrFN2O2S. The van der Waals surface area contributed by atoms with Gasteiger partial charge in [-0.3, -0.25) is 11.3 Å². The van der Waals surface area contributed by atoms with E-state index in [2.05, 4.69) is 21.4 Å². The summed E-state index contributed by atoms with van der Waals surface area (Å²) >= 11 is 3.25. The van der Waals surface area contributed by atoms with Crippen LogP contribution in [0.25, 0.3) is 0 Å². The molecule has 1 aromatic rings. The fourth-order valence-corrected chi connectivity index (χ4v) is 2.87. The Morgan fingerprint density at radius 3 is 2.56 bits per heavy atom. The Bertz CT molecular complexity index is 522. The molecule has 0 radical (unpaired) electrons. The van der Waals surface area contributed by atoms with Crippen molar-refractivity contribution < 1.29 is 12.8 Å². The van der Waals surface area contributed by atoms with E-state index in [0.29, 0.717) is 10.9 Å². The summed E-state index contributed by atoms with van der Waals surface area (Å²) < 4.78 is 36.5. The highest BCUT2D eigenvalue weighted by atomic mass is 79.9. The molecule has 0 saturated heterocycles. The van der Waals surface area contributed by atoms with Gasteiger partial charge in [-0.05, 0) is 31.0 Å². The van der Waals surface area contributed by atoms with Crippen molar-refractivity contribution in [3.63, 3.8) is 0 Å². The second-order valence-corrected chi connectivity index (χ2v) is 7.50. The van der Waals surface area contributed by atoms with E-state index in [4.69, 9.17) is 5.84 Å². The highest BCUT2D eigenvalue weighted by Crippen LogP contribution is 2.21. The molecule has 102 valence electrons. The molecule has 0 heterocycles. The largest absolute Gasteiger partial charge is 0.271 e. The Labute approximate surface area is 115 Å². The molecule has 0 aromatic heterocycles. The number of hydrazine groups is 1. The van der Waals surface area contributed by atoms with Gasteiger partial charge in [0.2, 0.25) is 0 Å². The molecule has 1 rings (SSSR count). The minimum Gasteiger partial charge on any atom is -0.271 e. The zero-order chi connectivity index (χ0) is 13.9. The lowest BCUT2D eigenvalue weighted by Gasteiger charge is -2.22. The first-order valence-corrected chi connectivity index (χ1v) is 8.09. The van der Waals surface area contributed by atoms with Crippen LogP contribution in [0.4, 0.5) is 4.39 Å². The molecule has 2 unspecified atom stereocenters. The van der Waals surface area contributed by atoms with E-state index in [1.54, 1.807) is 13.0 Å². The molecule has 0 aliphatic heterocycles. The summed E-state index contributed by atoms with van der Waals surface area (Å²) in [5, 5.41) is -0.626. The first-order chi connectivity index (χ1) is 8.25. The van der Waals surface area contributed by atoms with Gasteiger partial charge >= 0.3 is 0 Å². The summed E-state index contributed by atoms with van der Waals surface area (Å²) in [6.07, 6.45) is 1.56. The third-order valence-electron chi connectivity index (χ3n) is 2.91. The van der Waals surface area contributed by atoms with Crippen LogP contribution < -0.4 is 11.3 Å². The number of hydrogen-bond acceptors (Lipinski definition) is 4. The van der Waals surface area contributed by atoms with Gasteiger partial charge in [-0.25, -0.2) is 12.8 Å². The first-order valence-electron chi connectivity index (χ1n) is 5.34. The topological polar surface area (TPSA) is 72.2 Å². The van der Waals surface area contributed by atoms with E-state index in [1.165, 1.54) is 18.4 Å². The van der Waals surface area contributed by atoms with Crippen molar-refractivity contribution in [2.24, 2.45) is 5.84 Å². The zero-order valence-corrected chi connectivity index (χ0v) is 12.6. The lowest BCUT2D eigenvalue weighted by Crippen LogP contribution is -2.47. The number of sulfone groups is 1. The number of nitrogens with one attached hydrogen (secondary N) is 1. The van der Waals surface area contributed by atoms with Crippen molar-refractivity contribution in [1.82, 2.24) is 5.43 Å². The summed E-state index contributed by atoms with van der Waals surface area (Å²) in [4.78, 5) is 0. The number of hydrogen-bond donors (Lipinski definition) is 2. The molecule has 0 saturated carbocycles. The fraction of sp³-hybridized carbons (Fsp3) is 0.455. The molecule has 18 heavy (non-hydrogen) atoms. The summed E-state index contributed by atoms with van der Waals surface area (Å²) in [5.74, 6) is 5.05. The van der Waals surface area contributed by atoms with Crippen molar-refractivity contribution in [3.05, 3.63) is 34.1 Å². The van der Waals surface area contributed by atoms with Crippen molar-refractivity contribution in [1.29, 1.82) is 0 Å². The monoisotopic (exact) mass is 338 g/mol. The average Bonchev–Trinajstić information content (AvgIpc) is 2.26. The highest BCUT2D eigenvalue weighted by Gasteiger charge is 2.25. The van der Waals surface area contributed by atoms with Gasteiger partial charge < -0.3 is 0 Å². The summed E-state index contributed by atoms with van der Waals surface area (Å²) in [6.45, 7) is 1.59. The van der Waals surface area contributed by atoms with Crippen LogP contribution in [-0.4, -0.2) is 26.0 Å².